The molecule has 0 unspecified atom stereocenters. The minimum absolute atomic E-state index is 0.0517. The van der Waals surface area contributed by atoms with Crippen LogP contribution in [0.5, 0.6) is 0 Å². The third kappa shape index (κ3) is 16.9. The predicted molar refractivity (Wildman–Crippen MR) is 87.0 cm³/mol. The molecule has 0 aromatic rings. The Bertz CT molecular complexity index is 414. The van der Waals surface area contributed by atoms with E-state index in [0.717, 1.165) is 44.9 Å². The number of rotatable bonds is 14. The molecule has 0 heterocycles. The van der Waals surface area contributed by atoms with E-state index in [-0.39, 0.29) is 12.8 Å². The van der Waals surface area contributed by atoms with Crippen LogP contribution in [0.25, 0.3) is 0 Å². The Kier molecular flexibility index (Phi) is 9.28. The summed E-state index contributed by atoms with van der Waals surface area (Å²) in [4.78, 5) is 10.3. The Morgan fingerprint density at radius 1 is 0.950 bits per heavy atom. The van der Waals surface area contributed by atoms with Gasteiger partial charge in [0.15, 0.2) is 0 Å². The maximum absolute atomic E-state index is 10.3. The fourth-order valence-electron chi connectivity index (χ4n) is 1.88. The molecular formula is C18H32O2. The van der Waals surface area contributed by atoms with E-state index < -0.39 is 19.2 Å². The van der Waals surface area contributed by atoms with E-state index in [0.29, 0.717) is 12.8 Å². The molecule has 0 fully saturated rings. The van der Waals surface area contributed by atoms with Crippen LogP contribution in [-0.2, 0) is 4.79 Å². The molecule has 2 heteroatoms. The van der Waals surface area contributed by atoms with E-state index >= 15 is 0 Å². The lowest BCUT2D eigenvalue weighted by Crippen LogP contribution is -1.93. The van der Waals surface area contributed by atoms with Gasteiger partial charge in [0.2, 0.25) is 0 Å². The van der Waals surface area contributed by atoms with Gasteiger partial charge in [-0.1, -0.05) is 63.2 Å². The maximum Gasteiger partial charge on any atom is 0.303 e. The van der Waals surface area contributed by atoms with Crippen LogP contribution in [0.15, 0.2) is 24.3 Å². The normalized spacial score (nSPS) is 16.7. The van der Waals surface area contributed by atoms with Crippen molar-refractivity contribution >= 4 is 5.97 Å². The average molecular weight is 285 g/mol. The van der Waals surface area contributed by atoms with Crippen molar-refractivity contribution in [3.8, 4) is 0 Å². The fraction of sp³-hybridized carbons (Fsp3) is 0.722. The third-order valence-electron chi connectivity index (χ3n) is 3.04. The Labute approximate surface area is 132 Å². The van der Waals surface area contributed by atoms with Crippen LogP contribution in [0.1, 0.15) is 90.7 Å². The van der Waals surface area contributed by atoms with Crippen molar-refractivity contribution in [1.82, 2.24) is 0 Å². The number of carboxylic acids is 1. The Balaban J connectivity index is 3.51. The van der Waals surface area contributed by atoms with Crippen LogP contribution in [0.2, 0.25) is 0 Å². The molecule has 0 rings (SSSR count). The molecule has 0 amide bonds. The zero-order valence-electron chi connectivity index (χ0n) is 17.4. The largest absolute Gasteiger partial charge is 0.481 e. The van der Waals surface area contributed by atoms with Crippen LogP contribution < -0.4 is 0 Å². The molecule has 116 valence electrons. The van der Waals surface area contributed by atoms with Crippen LogP contribution in [-0.4, -0.2) is 11.1 Å². The molecule has 0 aliphatic heterocycles. The first-order chi connectivity index (χ1) is 11.7. The highest BCUT2D eigenvalue weighted by atomic mass is 16.4. The first kappa shape index (κ1) is 11.6. The monoisotopic (exact) mass is 285 g/mol. The predicted octanol–water partition coefficient (Wildman–Crippen LogP) is 5.88. The van der Waals surface area contributed by atoms with Crippen molar-refractivity contribution in [1.29, 1.82) is 0 Å². The zero-order valence-corrected chi connectivity index (χ0v) is 12.4. The highest BCUT2D eigenvalue weighted by Crippen LogP contribution is 2.08. The summed E-state index contributed by atoms with van der Waals surface area (Å²) in [5, 5.41) is 8.52. The second kappa shape index (κ2) is 16.0. The molecule has 0 atom stereocenters. The van der Waals surface area contributed by atoms with Crippen molar-refractivity contribution in [2.45, 2.75) is 83.9 Å². The number of hydrogen-bond acceptors (Lipinski definition) is 1. The average Bonchev–Trinajstić information content (AvgIpc) is 2.49. The standard InChI is InChI=1S/C18H32O2/c1-2-3-4-5-6-7-8-9-10-11-12-13-14-15-16-17-18(19)20/h6-7,9-10H,2-5,8,11-17H2,1H3,(H,19,20)/b7-6+,10-9+/i1D3,2D2. The summed E-state index contributed by atoms with van der Waals surface area (Å²) in [6, 6.07) is 0. The molecule has 0 aromatic carbocycles. The topological polar surface area (TPSA) is 37.3 Å². The SMILES string of the molecule is [2H]C([2H])([2H])C([2H])([2H])CCC/C=C/C/C=C/CCCCCCCC(=O)O. The van der Waals surface area contributed by atoms with Gasteiger partial charge in [-0.15, -0.1) is 0 Å². The lowest BCUT2D eigenvalue weighted by atomic mass is 10.1. The van der Waals surface area contributed by atoms with Gasteiger partial charge in [-0.05, 0) is 38.5 Å². The molecule has 0 radical (unpaired) electrons. The first-order valence-corrected chi connectivity index (χ1v) is 7.68. The second-order valence-electron chi connectivity index (χ2n) is 4.95. The zero-order chi connectivity index (χ0) is 19.2. The summed E-state index contributed by atoms with van der Waals surface area (Å²) in [7, 11) is 0. The molecular weight excluding hydrogens is 248 g/mol. The van der Waals surface area contributed by atoms with Crippen molar-refractivity contribution in [3.05, 3.63) is 24.3 Å². The van der Waals surface area contributed by atoms with E-state index in [1.165, 1.54) is 0 Å². The highest BCUT2D eigenvalue weighted by Gasteiger charge is 1.95. The smallest absolute Gasteiger partial charge is 0.303 e. The second-order valence-corrected chi connectivity index (χ2v) is 4.95. The number of hydrogen-bond donors (Lipinski definition) is 1. The van der Waals surface area contributed by atoms with Gasteiger partial charge in [0, 0.05) is 13.3 Å². The minimum Gasteiger partial charge on any atom is -0.481 e. The Hall–Kier alpha value is -1.05. The summed E-state index contributed by atoms with van der Waals surface area (Å²) >= 11 is 0. The van der Waals surface area contributed by atoms with Crippen molar-refractivity contribution in [2.24, 2.45) is 0 Å². The van der Waals surface area contributed by atoms with Gasteiger partial charge in [0.25, 0.3) is 0 Å². The van der Waals surface area contributed by atoms with E-state index in [9.17, 15) is 4.79 Å². The lowest BCUT2D eigenvalue weighted by Gasteiger charge is -1.98. The molecule has 0 aliphatic carbocycles. The maximum atomic E-state index is 10.3. The molecule has 0 saturated heterocycles. The van der Waals surface area contributed by atoms with Gasteiger partial charge in [0.05, 0.1) is 0 Å². The highest BCUT2D eigenvalue weighted by molar-refractivity contribution is 5.66. The number of carbonyl (C=O) groups is 1. The van der Waals surface area contributed by atoms with Crippen molar-refractivity contribution < 1.29 is 16.8 Å². The molecule has 20 heavy (non-hydrogen) atoms. The molecule has 0 spiro atoms. The minimum atomic E-state index is -2.55. The molecule has 0 saturated carbocycles. The number of unbranched alkanes of at least 4 members (excludes halogenated alkanes) is 6. The van der Waals surface area contributed by atoms with E-state index in [2.05, 4.69) is 12.2 Å². The first-order valence-electron chi connectivity index (χ1n) is 10.2. The fourth-order valence-corrected chi connectivity index (χ4v) is 1.88. The van der Waals surface area contributed by atoms with Crippen molar-refractivity contribution in [3.63, 3.8) is 0 Å². The van der Waals surface area contributed by atoms with Crippen LogP contribution in [0.4, 0.5) is 0 Å². The van der Waals surface area contributed by atoms with Crippen molar-refractivity contribution in [2.75, 3.05) is 0 Å². The summed E-state index contributed by atoms with van der Waals surface area (Å²) < 4.78 is 36.4. The third-order valence-corrected chi connectivity index (χ3v) is 3.04. The number of aliphatic carboxylic acids is 1. The number of carboxylic acid groups (broad SMARTS) is 1. The molecule has 0 bridgehead atoms. The van der Waals surface area contributed by atoms with Crippen LogP contribution in [0.3, 0.4) is 0 Å². The summed E-state index contributed by atoms with van der Waals surface area (Å²) in [5.41, 5.74) is 0. The lowest BCUT2D eigenvalue weighted by molar-refractivity contribution is -0.137. The van der Waals surface area contributed by atoms with Gasteiger partial charge < -0.3 is 5.11 Å². The van der Waals surface area contributed by atoms with E-state index in [1.807, 2.05) is 12.2 Å². The van der Waals surface area contributed by atoms with Gasteiger partial charge in [0.1, 0.15) is 0 Å². The summed E-state index contributed by atoms with van der Waals surface area (Å²) in [6.45, 7) is -2.55. The summed E-state index contributed by atoms with van der Waals surface area (Å²) in [6.07, 6.45) is 14.7. The molecule has 1 N–H and O–H groups in total. The molecule has 2 nitrogen and oxygen atoms in total. The van der Waals surface area contributed by atoms with Gasteiger partial charge in [-0.2, -0.15) is 0 Å². The van der Waals surface area contributed by atoms with Gasteiger partial charge >= 0.3 is 5.97 Å². The number of allylic oxidation sites excluding steroid dienone is 4. The molecule has 0 aromatic heterocycles. The van der Waals surface area contributed by atoms with E-state index in [4.69, 9.17) is 12.0 Å². The van der Waals surface area contributed by atoms with Gasteiger partial charge in [-0.3, -0.25) is 4.79 Å². The Morgan fingerprint density at radius 2 is 1.55 bits per heavy atom. The van der Waals surface area contributed by atoms with Gasteiger partial charge in [-0.25, -0.2) is 0 Å². The van der Waals surface area contributed by atoms with E-state index in [1.54, 1.807) is 0 Å². The Morgan fingerprint density at radius 3 is 2.20 bits per heavy atom. The quantitative estimate of drug-likeness (QED) is 0.319. The molecule has 0 aliphatic rings. The summed E-state index contributed by atoms with van der Waals surface area (Å²) in [5.74, 6) is -0.716. The van der Waals surface area contributed by atoms with Crippen LogP contribution >= 0.6 is 0 Å². The van der Waals surface area contributed by atoms with Crippen LogP contribution in [0, 0.1) is 0 Å².